The molecular weight excluding hydrogens is 548 g/mol. The standard InChI is InChI=1S/C33H35ClN6O2/c1-3-30(41)40-13-12-39(18-22(40)9-10-35)32-27-16-28(34)26(24-8-4-6-20-14-21-15-25(21)31(20)24)17-29(27)36-33(37-32)42-19-23-7-5-11-38(23)2/h3-4,6,8,16-17,21-23,25H,1,5,7,9,11-15,18-19H2,2H3/t21?,22-,23-,25?/m0/s1. The molecule has 4 aliphatic rings. The Morgan fingerprint density at radius 2 is 2.10 bits per heavy atom. The normalized spacial score (nSPS) is 24.8. The van der Waals surface area contributed by atoms with Gasteiger partial charge in [-0.05, 0) is 86.0 Å². The van der Waals surface area contributed by atoms with Crippen molar-refractivity contribution in [2.75, 3.05) is 44.7 Å². The fourth-order valence-electron chi connectivity index (χ4n) is 7.29. The van der Waals surface area contributed by atoms with Crippen LogP contribution in [0.15, 0.2) is 43.0 Å². The molecule has 3 fully saturated rings. The van der Waals surface area contributed by atoms with Crippen molar-refractivity contribution in [3.05, 3.63) is 59.1 Å². The van der Waals surface area contributed by atoms with Crippen molar-refractivity contribution < 1.29 is 9.53 Å². The number of carbonyl (C=O) groups excluding carboxylic acids is 1. The predicted molar refractivity (Wildman–Crippen MR) is 164 cm³/mol. The average Bonchev–Trinajstić information content (AvgIpc) is 3.47. The number of nitrogens with zero attached hydrogens (tertiary/aromatic N) is 6. The highest BCUT2D eigenvalue weighted by atomic mass is 35.5. The summed E-state index contributed by atoms with van der Waals surface area (Å²) in [5, 5.41) is 11.0. The lowest BCUT2D eigenvalue weighted by Gasteiger charge is -2.41. The Kier molecular flexibility index (Phi) is 7.03. The zero-order valence-electron chi connectivity index (χ0n) is 23.9. The maximum atomic E-state index is 12.5. The van der Waals surface area contributed by atoms with Crippen LogP contribution in [0, 0.1) is 17.2 Å². The van der Waals surface area contributed by atoms with Gasteiger partial charge in [0.05, 0.1) is 24.0 Å². The summed E-state index contributed by atoms with van der Waals surface area (Å²) in [6, 6.07) is 13.3. The molecular formula is C33H35ClN6O2. The summed E-state index contributed by atoms with van der Waals surface area (Å²) in [6.45, 7) is 6.74. The third kappa shape index (κ3) is 4.79. The molecule has 1 amide bonds. The molecule has 216 valence electrons. The van der Waals surface area contributed by atoms with Crippen molar-refractivity contribution in [1.29, 1.82) is 5.26 Å². The summed E-state index contributed by atoms with van der Waals surface area (Å²) in [7, 11) is 2.13. The van der Waals surface area contributed by atoms with Gasteiger partial charge in [-0.3, -0.25) is 4.79 Å². The van der Waals surface area contributed by atoms with E-state index in [4.69, 9.17) is 26.3 Å². The summed E-state index contributed by atoms with van der Waals surface area (Å²) >= 11 is 7.06. The lowest BCUT2D eigenvalue weighted by Crippen LogP contribution is -2.55. The van der Waals surface area contributed by atoms with Gasteiger partial charge >= 0.3 is 6.01 Å². The van der Waals surface area contributed by atoms with E-state index in [-0.39, 0.29) is 18.4 Å². The Labute approximate surface area is 251 Å². The second-order valence-corrected chi connectivity index (χ2v) is 12.6. The summed E-state index contributed by atoms with van der Waals surface area (Å²) in [5.41, 5.74) is 5.85. The van der Waals surface area contributed by atoms with Crippen LogP contribution in [0.1, 0.15) is 42.7 Å². The molecule has 3 aromatic rings. The number of likely N-dealkylation sites (N-methyl/N-ethyl adjacent to an activating group) is 1. The van der Waals surface area contributed by atoms with Crippen molar-refractivity contribution in [3.63, 3.8) is 0 Å². The highest BCUT2D eigenvalue weighted by Gasteiger charge is 2.46. The second kappa shape index (κ2) is 10.9. The number of likely N-dealkylation sites (tertiary alicyclic amines) is 1. The zero-order valence-corrected chi connectivity index (χ0v) is 24.7. The summed E-state index contributed by atoms with van der Waals surface area (Å²) < 4.78 is 6.27. The molecule has 2 aliphatic carbocycles. The van der Waals surface area contributed by atoms with Gasteiger partial charge < -0.3 is 19.4 Å². The molecule has 0 bridgehead atoms. The molecule has 2 aliphatic heterocycles. The van der Waals surface area contributed by atoms with E-state index in [1.807, 2.05) is 6.07 Å². The lowest BCUT2D eigenvalue weighted by molar-refractivity contribution is -0.128. The van der Waals surface area contributed by atoms with Crippen molar-refractivity contribution >= 4 is 34.2 Å². The highest BCUT2D eigenvalue weighted by Crippen LogP contribution is 2.59. The molecule has 2 unspecified atom stereocenters. The summed E-state index contributed by atoms with van der Waals surface area (Å²) in [5.74, 6) is 1.97. The van der Waals surface area contributed by atoms with Gasteiger partial charge in [-0.2, -0.15) is 15.2 Å². The van der Waals surface area contributed by atoms with Gasteiger partial charge in [0.25, 0.3) is 0 Å². The van der Waals surface area contributed by atoms with E-state index < -0.39 is 0 Å². The topological polar surface area (TPSA) is 85.6 Å². The Balaban J connectivity index is 1.29. The van der Waals surface area contributed by atoms with Crippen LogP contribution in [-0.2, 0) is 11.2 Å². The molecule has 8 nitrogen and oxygen atoms in total. The van der Waals surface area contributed by atoms with Crippen LogP contribution in [0.5, 0.6) is 6.01 Å². The van der Waals surface area contributed by atoms with E-state index in [0.717, 1.165) is 54.0 Å². The molecule has 0 N–H and O–H groups in total. The van der Waals surface area contributed by atoms with E-state index >= 15 is 0 Å². The van der Waals surface area contributed by atoms with Gasteiger partial charge in [-0.15, -0.1) is 0 Å². The number of hydrogen-bond acceptors (Lipinski definition) is 7. The number of anilines is 1. The summed E-state index contributed by atoms with van der Waals surface area (Å²) in [4.78, 5) is 28.6. The number of benzene rings is 2. The van der Waals surface area contributed by atoms with E-state index in [1.165, 1.54) is 29.2 Å². The van der Waals surface area contributed by atoms with E-state index in [1.54, 1.807) is 4.90 Å². The number of piperazine rings is 1. The predicted octanol–water partition coefficient (Wildman–Crippen LogP) is 5.20. The summed E-state index contributed by atoms with van der Waals surface area (Å²) in [6.07, 6.45) is 6.21. The third-order valence-corrected chi connectivity index (χ3v) is 9.96. The van der Waals surface area contributed by atoms with Crippen LogP contribution in [0.3, 0.4) is 0 Å². The number of nitriles is 1. The molecule has 4 atom stereocenters. The van der Waals surface area contributed by atoms with Crippen LogP contribution in [0.2, 0.25) is 5.02 Å². The number of carbonyl (C=O) groups is 1. The van der Waals surface area contributed by atoms with Crippen LogP contribution >= 0.6 is 11.6 Å². The largest absolute Gasteiger partial charge is 0.462 e. The van der Waals surface area contributed by atoms with Crippen LogP contribution < -0.4 is 9.64 Å². The van der Waals surface area contributed by atoms with Crippen LogP contribution in [-0.4, -0.2) is 77.6 Å². The monoisotopic (exact) mass is 582 g/mol. The quantitative estimate of drug-likeness (QED) is 0.354. The van der Waals surface area contributed by atoms with Crippen molar-refractivity contribution in [2.24, 2.45) is 5.92 Å². The number of hydrogen-bond donors (Lipinski definition) is 0. The number of aromatic nitrogens is 2. The molecule has 9 heteroatoms. The SMILES string of the molecule is C=CC(=O)N1CCN(c2nc(OC[C@@H]3CCCN3C)nc3cc(-c4cccc5c4C4CC4C5)c(Cl)cc23)C[C@@H]1CC#N. The first-order valence-corrected chi connectivity index (χ1v) is 15.3. The van der Waals surface area contributed by atoms with E-state index in [9.17, 15) is 10.1 Å². The molecule has 1 saturated carbocycles. The Morgan fingerprint density at radius 3 is 2.88 bits per heavy atom. The first-order valence-electron chi connectivity index (χ1n) is 15.0. The lowest BCUT2D eigenvalue weighted by atomic mass is 9.93. The molecule has 2 saturated heterocycles. The number of fused-ring (bicyclic) bond motifs is 4. The molecule has 1 aromatic heterocycles. The maximum absolute atomic E-state index is 12.5. The molecule has 0 radical (unpaired) electrons. The Morgan fingerprint density at radius 1 is 1.21 bits per heavy atom. The number of amides is 1. The van der Waals surface area contributed by atoms with Gasteiger partial charge in [0.15, 0.2) is 0 Å². The fourth-order valence-corrected chi connectivity index (χ4v) is 7.56. The van der Waals surface area contributed by atoms with E-state index in [2.05, 4.69) is 53.8 Å². The van der Waals surface area contributed by atoms with Gasteiger partial charge in [0, 0.05) is 41.6 Å². The third-order valence-electron chi connectivity index (χ3n) is 9.65. The number of rotatable bonds is 7. The highest BCUT2D eigenvalue weighted by molar-refractivity contribution is 6.34. The molecule has 3 heterocycles. The first kappa shape index (κ1) is 27.2. The van der Waals surface area contributed by atoms with Gasteiger partial charge in [-0.1, -0.05) is 36.4 Å². The van der Waals surface area contributed by atoms with Gasteiger partial charge in [0.1, 0.15) is 12.4 Å². The Hall–Kier alpha value is -3.67. The molecule has 42 heavy (non-hydrogen) atoms. The minimum absolute atomic E-state index is 0.159. The minimum atomic E-state index is -0.274. The van der Waals surface area contributed by atoms with Gasteiger partial charge in [0.2, 0.25) is 5.91 Å². The molecule has 0 spiro atoms. The molecule has 7 rings (SSSR count). The van der Waals surface area contributed by atoms with Crippen molar-refractivity contribution in [3.8, 4) is 23.2 Å². The fraction of sp³-hybridized carbons (Fsp3) is 0.455. The number of ether oxygens (including phenoxy) is 1. The zero-order chi connectivity index (χ0) is 29.0. The second-order valence-electron chi connectivity index (χ2n) is 12.1. The van der Waals surface area contributed by atoms with Crippen molar-refractivity contribution in [2.45, 2.75) is 50.1 Å². The Bertz CT molecular complexity index is 1620. The maximum Gasteiger partial charge on any atom is 0.319 e. The first-order chi connectivity index (χ1) is 20.4. The average molecular weight is 583 g/mol. The van der Waals surface area contributed by atoms with Crippen LogP contribution in [0.25, 0.3) is 22.0 Å². The number of halogens is 1. The van der Waals surface area contributed by atoms with Gasteiger partial charge in [-0.25, -0.2) is 0 Å². The molecule has 2 aromatic carbocycles. The smallest absolute Gasteiger partial charge is 0.319 e. The van der Waals surface area contributed by atoms with Crippen molar-refractivity contribution in [1.82, 2.24) is 19.8 Å². The minimum Gasteiger partial charge on any atom is -0.462 e. The van der Waals surface area contributed by atoms with Crippen LogP contribution in [0.4, 0.5) is 5.82 Å². The van der Waals surface area contributed by atoms with E-state index in [0.29, 0.717) is 49.2 Å².